The van der Waals surface area contributed by atoms with E-state index in [-0.39, 0.29) is 11.3 Å². The van der Waals surface area contributed by atoms with Crippen molar-refractivity contribution in [3.05, 3.63) is 34.9 Å². The molecule has 0 radical (unpaired) electrons. The lowest BCUT2D eigenvalue weighted by Gasteiger charge is -2.19. The highest BCUT2D eigenvalue weighted by molar-refractivity contribution is 5.98. The van der Waals surface area contributed by atoms with E-state index >= 15 is 0 Å². The third-order valence-electron chi connectivity index (χ3n) is 2.97. The lowest BCUT2D eigenvalue weighted by Crippen LogP contribution is -2.31. The summed E-state index contributed by atoms with van der Waals surface area (Å²) in [7, 11) is 0. The van der Waals surface area contributed by atoms with Crippen LogP contribution in [0.25, 0.3) is 0 Å². The molecule has 0 aromatic rings. The summed E-state index contributed by atoms with van der Waals surface area (Å²) in [4.78, 5) is 11.7. The van der Waals surface area contributed by atoms with E-state index in [1.54, 1.807) is 0 Å². The molecular weight excluding hydrogens is 210 g/mol. The highest BCUT2D eigenvalue weighted by Crippen LogP contribution is 2.32. The molecule has 0 spiro atoms. The highest BCUT2D eigenvalue weighted by atomic mass is 16.1. The number of carbonyl (C=O) groups is 1. The van der Waals surface area contributed by atoms with Gasteiger partial charge in [0, 0.05) is 17.5 Å². The fourth-order valence-corrected chi connectivity index (χ4v) is 2.25. The second-order valence-corrected chi connectivity index (χ2v) is 4.88. The smallest absolute Gasteiger partial charge is 0.251 e. The van der Waals surface area contributed by atoms with Crippen LogP contribution in [0.15, 0.2) is 34.9 Å². The number of allylic oxidation sites excluding steroid dienone is 3. The first-order valence-corrected chi connectivity index (χ1v) is 6.40. The van der Waals surface area contributed by atoms with Crippen LogP contribution in [0.4, 0.5) is 0 Å². The minimum absolute atomic E-state index is 0.0434. The van der Waals surface area contributed by atoms with Gasteiger partial charge in [0.15, 0.2) is 0 Å². The van der Waals surface area contributed by atoms with Gasteiger partial charge in [0.1, 0.15) is 0 Å². The molecule has 0 saturated heterocycles. The van der Waals surface area contributed by atoms with Gasteiger partial charge >= 0.3 is 0 Å². The van der Waals surface area contributed by atoms with Gasteiger partial charge in [-0.05, 0) is 18.9 Å². The van der Waals surface area contributed by atoms with Gasteiger partial charge in [0.2, 0.25) is 0 Å². The summed E-state index contributed by atoms with van der Waals surface area (Å²) >= 11 is 0. The van der Waals surface area contributed by atoms with Crippen LogP contribution in [0.3, 0.4) is 0 Å². The van der Waals surface area contributed by atoms with Crippen LogP contribution in [0.5, 0.6) is 0 Å². The largest absolute Gasteiger partial charge is 0.352 e. The summed E-state index contributed by atoms with van der Waals surface area (Å²) in [5.41, 5.74) is 3.35. The Morgan fingerprint density at radius 1 is 1.29 bits per heavy atom. The summed E-state index contributed by atoms with van der Waals surface area (Å²) in [6, 6.07) is 0. The summed E-state index contributed by atoms with van der Waals surface area (Å²) < 4.78 is 0. The second kappa shape index (κ2) is 5.35. The Kier molecular flexibility index (Phi) is 4.33. The minimum atomic E-state index is 0.0434. The molecule has 0 aromatic carbocycles. The molecule has 0 atom stereocenters. The lowest BCUT2D eigenvalue weighted by atomic mass is 9.90. The average Bonchev–Trinajstić information content (AvgIpc) is 2.40. The number of amides is 1. The molecule has 0 saturated carbocycles. The van der Waals surface area contributed by atoms with E-state index in [1.165, 1.54) is 11.1 Å². The van der Waals surface area contributed by atoms with E-state index in [1.807, 2.05) is 19.9 Å². The van der Waals surface area contributed by atoms with Gasteiger partial charge in [0.25, 0.3) is 5.91 Å². The predicted octanol–water partition coefficient (Wildman–Crippen LogP) is 3.37. The van der Waals surface area contributed by atoms with Crippen LogP contribution < -0.4 is 5.32 Å². The van der Waals surface area contributed by atoms with Crippen molar-refractivity contribution in [2.24, 2.45) is 5.41 Å². The van der Waals surface area contributed by atoms with Gasteiger partial charge in [-0.2, -0.15) is 0 Å². The van der Waals surface area contributed by atoms with Crippen molar-refractivity contribution >= 4 is 5.91 Å². The van der Waals surface area contributed by atoms with Crippen molar-refractivity contribution in [3.63, 3.8) is 0 Å². The van der Waals surface area contributed by atoms with Crippen molar-refractivity contribution in [2.45, 2.75) is 41.0 Å². The van der Waals surface area contributed by atoms with Crippen LogP contribution in [0.1, 0.15) is 41.0 Å². The van der Waals surface area contributed by atoms with Crippen LogP contribution in [-0.2, 0) is 4.79 Å². The Bertz CT molecular complexity index is 397. The van der Waals surface area contributed by atoms with Gasteiger partial charge < -0.3 is 5.32 Å². The van der Waals surface area contributed by atoms with Crippen LogP contribution in [-0.4, -0.2) is 12.5 Å². The molecular formula is C15H23NO. The normalized spacial score (nSPS) is 21.7. The molecule has 2 heteroatoms. The summed E-state index contributed by atoms with van der Waals surface area (Å²) in [5.74, 6) is 0.0675. The SMILES string of the molecule is CC.CC1=CC(C)(C)C=CC2=C1CCNC2=O. The molecule has 1 amide bonds. The Balaban J connectivity index is 0.000000686. The lowest BCUT2D eigenvalue weighted by molar-refractivity contribution is -0.117. The van der Waals surface area contributed by atoms with Crippen LogP contribution in [0.2, 0.25) is 0 Å². The maximum atomic E-state index is 11.7. The molecule has 2 aliphatic rings. The molecule has 0 unspecified atom stereocenters. The van der Waals surface area contributed by atoms with E-state index in [0.717, 1.165) is 18.5 Å². The molecule has 0 bridgehead atoms. The topological polar surface area (TPSA) is 29.1 Å². The summed E-state index contributed by atoms with van der Waals surface area (Å²) in [5, 5.41) is 2.88. The first-order valence-electron chi connectivity index (χ1n) is 6.40. The van der Waals surface area contributed by atoms with Gasteiger partial charge in [-0.25, -0.2) is 0 Å². The van der Waals surface area contributed by atoms with E-state index < -0.39 is 0 Å². The predicted molar refractivity (Wildman–Crippen MR) is 72.7 cm³/mol. The molecule has 0 fully saturated rings. The molecule has 17 heavy (non-hydrogen) atoms. The van der Waals surface area contributed by atoms with Crippen molar-refractivity contribution < 1.29 is 4.79 Å². The third kappa shape index (κ3) is 3.09. The maximum Gasteiger partial charge on any atom is 0.251 e. The van der Waals surface area contributed by atoms with Crippen LogP contribution in [0, 0.1) is 5.41 Å². The zero-order valence-corrected chi connectivity index (χ0v) is 11.6. The molecule has 2 rings (SSSR count). The molecule has 1 heterocycles. The van der Waals surface area contributed by atoms with E-state index in [4.69, 9.17) is 0 Å². The summed E-state index contributed by atoms with van der Waals surface area (Å²) in [6.45, 7) is 11.2. The maximum absolute atomic E-state index is 11.7. The highest BCUT2D eigenvalue weighted by Gasteiger charge is 2.23. The third-order valence-corrected chi connectivity index (χ3v) is 2.97. The van der Waals surface area contributed by atoms with Crippen molar-refractivity contribution in [3.8, 4) is 0 Å². The first kappa shape index (κ1) is 13.8. The second-order valence-electron chi connectivity index (χ2n) is 4.88. The monoisotopic (exact) mass is 233 g/mol. The van der Waals surface area contributed by atoms with Gasteiger partial charge in [-0.1, -0.05) is 51.5 Å². The molecule has 2 nitrogen and oxygen atoms in total. The van der Waals surface area contributed by atoms with Gasteiger partial charge in [0.05, 0.1) is 0 Å². The van der Waals surface area contributed by atoms with E-state index in [9.17, 15) is 4.79 Å². The Morgan fingerprint density at radius 2 is 1.94 bits per heavy atom. The van der Waals surface area contributed by atoms with Gasteiger partial charge in [-0.3, -0.25) is 4.79 Å². The number of nitrogens with one attached hydrogen (secondary N) is 1. The molecule has 94 valence electrons. The molecule has 1 N–H and O–H groups in total. The fraction of sp³-hybridized carbons (Fsp3) is 0.533. The average molecular weight is 233 g/mol. The van der Waals surface area contributed by atoms with E-state index in [2.05, 4.69) is 38.2 Å². The Labute approximate surface area is 104 Å². The quantitative estimate of drug-likeness (QED) is 0.683. The van der Waals surface area contributed by atoms with Crippen LogP contribution >= 0.6 is 0 Å². The van der Waals surface area contributed by atoms with Crippen molar-refractivity contribution in [1.82, 2.24) is 5.32 Å². The first-order chi connectivity index (χ1) is 7.99. The minimum Gasteiger partial charge on any atom is -0.352 e. The molecule has 0 aromatic heterocycles. The van der Waals surface area contributed by atoms with Gasteiger partial charge in [-0.15, -0.1) is 0 Å². The number of hydrogen-bond acceptors (Lipinski definition) is 1. The standard InChI is InChI=1S/C13H17NO.C2H6/c1-9-8-13(2,3)6-4-11-10(9)5-7-14-12(11)15;1-2/h4,6,8H,5,7H2,1-3H3,(H,14,15);1-2H3. The number of carbonyl (C=O) groups excluding carboxylic acids is 1. The Hall–Kier alpha value is -1.31. The van der Waals surface area contributed by atoms with E-state index in [0.29, 0.717) is 0 Å². The zero-order chi connectivity index (χ0) is 13.1. The summed E-state index contributed by atoms with van der Waals surface area (Å²) in [6.07, 6.45) is 7.26. The molecule has 1 aliphatic carbocycles. The fourth-order valence-electron chi connectivity index (χ4n) is 2.25. The zero-order valence-electron chi connectivity index (χ0n) is 11.6. The number of hydrogen-bond donors (Lipinski definition) is 1. The molecule has 1 aliphatic heterocycles. The Morgan fingerprint density at radius 3 is 2.59 bits per heavy atom. The number of rotatable bonds is 0. The van der Waals surface area contributed by atoms with Crippen molar-refractivity contribution in [1.29, 1.82) is 0 Å². The van der Waals surface area contributed by atoms with Crippen molar-refractivity contribution in [2.75, 3.05) is 6.54 Å².